The maximum absolute atomic E-state index is 12.4. The lowest BCUT2D eigenvalue weighted by atomic mass is 10.00. The SMILES string of the molecule is Cc1ccc(C)c(C(C)NC(=O)c2ccc(Br)cc2Br)c1. The van der Waals surface area contributed by atoms with Gasteiger partial charge in [-0.15, -0.1) is 0 Å². The van der Waals surface area contributed by atoms with E-state index in [1.165, 1.54) is 11.1 Å². The standard InChI is InChI=1S/C17H17Br2NO/c1-10-4-5-11(2)15(8-10)12(3)20-17(21)14-7-6-13(18)9-16(14)19/h4-9,12H,1-3H3,(H,20,21). The lowest BCUT2D eigenvalue weighted by Gasteiger charge is -2.18. The first kappa shape index (κ1) is 16.2. The number of hydrogen-bond donors (Lipinski definition) is 1. The summed E-state index contributed by atoms with van der Waals surface area (Å²) in [5, 5.41) is 3.06. The fraction of sp³-hybridized carbons (Fsp3) is 0.235. The van der Waals surface area contributed by atoms with E-state index in [-0.39, 0.29) is 11.9 Å². The van der Waals surface area contributed by atoms with Gasteiger partial charge in [0.2, 0.25) is 0 Å². The van der Waals surface area contributed by atoms with Crippen molar-refractivity contribution in [1.82, 2.24) is 5.32 Å². The topological polar surface area (TPSA) is 29.1 Å². The molecule has 0 saturated heterocycles. The van der Waals surface area contributed by atoms with Crippen molar-refractivity contribution in [2.45, 2.75) is 26.8 Å². The Labute approximate surface area is 142 Å². The maximum Gasteiger partial charge on any atom is 0.252 e. The second kappa shape index (κ2) is 6.75. The van der Waals surface area contributed by atoms with Crippen LogP contribution in [0.15, 0.2) is 45.3 Å². The van der Waals surface area contributed by atoms with E-state index in [1.807, 2.05) is 19.1 Å². The van der Waals surface area contributed by atoms with E-state index in [0.29, 0.717) is 5.56 Å². The molecule has 0 heterocycles. The van der Waals surface area contributed by atoms with Crippen molar-refractivity contribution in [2.24, 2.45) is 0 Å². The molecule has 1 amide bonds. The van der Waals surface area contributed by atoms with Crippen LogP contribution in [0.2, 0.25) is 0 Å². The minimum absolute atomic E-state index is 0.0343. The molecule has 4 heteroatoms. The van der Waals surface area contributed by atoms with Crippen molar-refractivity contribution in [3.8, 4) is 0 Å². The summed E-state index contributed by atoms with van der Waals surface area (Å²) in [6.07, 6.45) is 0. The van der Waals surface area contributed by atoms with Crippen molar-refractivity contribution < 1.29 is 4.79 Å². The Morgan fingerprint density at radius 1 is 1.10 bits per heavy atom. The number of nitrogens with one attached hydrogen (secondary N) is 1. The molecular formula is C17H17Br2NO. The van der Waals surface area contributed by atoms with Crippen molar-refractivity contribution in [2.75, 3.05) is 0 Å². The number of carbonyl (C=O) groups excluding carboxylic acids is 1. The molecule has 0 bridgehead atoms. The molecule has 0 spiro atoms. The van der Waals surface area contributed by atoms with E-state index >= 15 is 0 Å². The molecule has 1 atom stereocenters. The molecule has 0 aliphatic heterocycles. The summed E-state index contributed by atoms with van der Waals surface area (Å²) < 4.78 is 1.72. The third-order valence-electron chi connectivity index (χ3n) is 3.42. The monoisotopic (exact) mass is 409 g/mol. The predicted molar refractivity (Wildman–Crippen MR) is 93.6 cm³/mol. The molecule has 0 aliphatic rings. The van der Waals surface area contributed by atoms with E-state index in [2.05, 4.69) is 69.2 Å². The van der Waals surface area contributed by atoms with Gasteiger partial charge in [-0.3, -0.25) is 4.79 Å². The number of carbonyl (C=O) groups is 1. The number of halogens is 2. The van der Waals surface area contributed by atoms with Gasteiger partial charge in [-0.05, 0) is 66.0 Å². The van der Waals surface area contributed by atoms with E-state index in [0.717, 1.165) is 14.5 Å². The molecule has 2 aromatic rings. The van der Waals surface area contributed by atoms with Gasteiger partial charge in [-0.1, -0.05) is 39.7 Å². The van der Waals surface area contributed by atoms with Crippen molar-refractivity contribution in [1.29, 1.82) is 0 Å². The summed E-state index contributed by atoms with van der Waals surface area (Å²) in [6, 6.07) is 11.8. The molecule has 0 aromatic heterocycles. The van der Waals surface area contributed by atoms with Gasteiger partial charge in [0.05, 0.1) is 11.6 Å². The largest absolute Gasteiger partial charge is 0.345 e. The summed E-state index contributed by atoms with van der Waals surface area (Å²) in [7, 11) is 0. The fourth-order valence-corrected chi connectivity index (χ4v) is 3.48. The van der Waals surface area contributed by atoms with E-state index < -0.39 is 0 Å². The molecule has 0 aliphatic carbocycles. The Balaban J connectivity index is 2.20. The zero-order chi connectivity index (χ0) is 15.6. The molecule has 21 heavy (non-hydrogen) atoms. The number of benzene rings is 2. The second-order valence-corrected chi connectivity index (χ2v) is 6.95. The van der Waals surface area contributed by atoms with Crippen LogP contribution in [0, 0.1) is 13.8 Å². The lowest BCUT2D eigenvalue weighted by Crippen LogP contribution is -2.27. The zero-order valence-corrected chi connectivity index (χ0v) is 15.4. The Kier molecular flexibility index (Phi) is 5.22. The molecule has 2 aromatic carbocycles. The summed E-state index contributed by atoms with van der Waals surface area (Å²) in [5.74, 6) is -0.0808. The minimum atomic E-state index is -0.0808. The van der Waals surface area contributed by atoms with Gasteiger partial charge < -0.3 is 5.32 Å². The Bertz CT molecular complexity index is 682. The normalized spacial score (nSPS) is 12.0. The highest BCUT2D eigenvalue weighted by Crippen LogP contribution is 2.24. The Hall–Kier alpha value is -1.13. The van der Waals surface area contributed by atoms with Crippen LogP contribution in [0.5, 0.6) is 0 Å². The highest BCUT2D eigenvalue weighted by atomic mass is 79.9. The number of rotatable bonds is 3. The van der Waals surface area contributed by atoms with Crippen LogP contribution < -0.4 is 5.32 Å². The summed E-state index contributed by atoms with van der Waals surface area (Å²) in [4.78, 5) is 12.4. The van der Waals surface area contributed by atoms with Crippen molar-refractivity contribution in [3.05, 3.63) is 67.6 Å². The number of aryl methyl sites for hydroxylation is 2. The molecule has 0 radical (unpaired) electrons. The van der Waals surface area contributed by atoms with Crippen LogP contribution in [0.4, 0.5) is 0 Å². The third-order valence-corrected chi connectivity index (χ3v) is 4.57. The molecule has 1 unspecified atom stereocenters. The van der Waals surface area contributed by atoms with Crippen LogP contribution in [-0.4, -0.2) is 5.91 Å². The molecule has 2 rings (SSSR count). The number of hydrogen-bond acceptors (Lipinski definition) is 1. The fourth-order valence-electron chi connectivity index (χ4n) is 2.25. The molecule has 0 saturated carbocycles. The van der Waals surface area contributed by atoms with Gasteiger partial charge in [0.1, 0.15) is 0 Å². The van der Waals surface area contributed by atoms with Gasteiger partial charge in [-0.25, -0.2) is 0 Å². The summed E-state index contributed by atoms with van der Waals surface area (Å²) in [6.45, 7) is 6.13. The lowest BCUT2D eigenvalue weighted by molar-refractivity contribution is 0.0939. The van der Waals surface area contributed by atoms with Gasteiger partial charge in [0.25, 0.3) is 5.91 Å². The Morgan fingerprint density at radius 3 is 2.48 bits per heavy atom. The van der Waals surface area contributed by atoms with Crippen molar-refractivity contribution >= 4 is 37.8 Å². The zero-order valence-electron chi connectivity index (χ0n) is 12.2. The van der Waals surface area contributed by atoms with Crippen LogP contribution in [-0.2, 0) is 0 Å². The van der Waals surface area contributed by atoms with Gasteiger partial charge >= 0.3 is 0 Å². The van der Waals surface area contributed by atoms with Gasteiger partial charge in [-0.2, -0.15) is 0 Å². The highest BCUT2D eigenvalue weighted by Gasteiger charge is 2.15. The maximum atomic E-state index is 12.4. The second-order valence-electron chi connectivity index (χ2n) is 5.18. The number of amides is 1. The summed E-state index contributed by atoms with van der Waals surface area (Å²) >= 11 is 6.82. The first-order valence-corrected chi connectivity index (χ1v) is 8.30. The molecule has 1 N–H and O–H groups in total. The smallest absolute Gasteiger partial charge is 0.252 e. The highest BCUT2D eigenvalue weighted by molar-refractivity contribution is 9.11. The molecular weight excluding hydrogens is 394 g/mol. The van der Waals surface area contributed by atoms with Crippen LogP contribution in [0.1, 0.15) is 40.0 Å². The average molecular weight is 411 g/mol. The van der Waals surface area contributed by atoms with Crippen LogP contribution >= 0.6 is 31.9 Å². The summed E-state index contributed by atoms with van der Waals surface area (Å²) in [5.41, 5.74) is 4.16. The van der Waals surface area contributed by atoms with E-state index in [9.17, 15) is 4.79 Å². The van der Waals surface area contributed by atoms with E-state index in [4.69, 9.17) is 0 Å². The molecule has 110 valence electrons. The third kappa shape index (κ3) is 3.95. The Morgan fingerprint density at radius 2 is 1.81 bits per heavy atom. The molecule has 2 nitrogen and oxygen atoms in total. The quantitative estimate of drug-likeness (QED) is 0.728. The van der Waals surface area contributed by atoms with Gasteiger partial charge in [0.15, 0.2) is 0 Å². The van der Waals surface area contributed by atoms with Crippen LogP contribution in [0.25, 0.3) is 0 Å². The van der Waals surface area contributed by atoms with Crippen molar-refractivity contribution in [3.63, 3.8) is 0 Å². The first-order valence-electron chi connectivity index (χ1n) is 6.71. The van der Waals surface area contributed by atoms with Gasteiger partial charge in [0, 0.05) is 8.95 Å². The van der Waals surface area contributed by atoms with Crippen LogP contribution in [0.3, 0.4) is 0 Å². The average Bonchev–Trinajstić information content (AvgIpc) is 2.41. The molecule has 0 fully saturated rings. The minimum Gasteiger partial charge on any atom is -0.345 e. The van der Waals surface area contributed by atoms with E-state index in [1.54, 1.807) is 6.07 Å². The first-order chi connectivity index (χ1) is 9.88. The predicted octanol–water partition coefficient (Wildman–Crippen LogP) is 5.32.